The van der Waals surface area contributed by atoms with E-state index in [-0.39, 0.29) is 5.91 Å². The monoisotopic (exact) mass is 332 g/mol. The van der Waals surface area contributed by atoms with Crippen molar-refractivity contribution in [3.05, 3.63) is 10.8 Å². The number of anilines is 1. The van der Waals surface area contributed by atoms with E-state index in [1.807, 2.05) is 13.8 Å². The van der Waals surface area contributed by atoms with Gasteiger partial charge in [0.15, 0.2) is 0 Å². The topological polar surface area (TPSA) is 66.9 Å². The second-order valence-electron chi connectivity index (χ2n) is 3.51. The van der Waals surface area contributed by atoms with Crippen LogP contribution in [0.4, 0.5) is 5.82 Å². The molecule has 0 aliphatic carbocycles. The van der Waals surface area contributed by atoms with Crippen molar-refractivity contribution in [3.8, 4) is 0 Å². The molecule has 1 amide bonds. The van der Waals surface area contributed by atoms with Crippen molar-refractivity contribution in [3.63, 3.8) is 0 Å². The highest BCUT2D eigenvalue weighted by molar-refractivity contribution is 9.10. The van der Waals surface area contributed by atoms with Crippen LogP contribution in [0.25, 0.3) is 0 Å². The molecule has 100 valence electrons. The fraction of sp³-hybridized carbons (Fsp3) is 0.545. The second kappa shape index (κ2) is 8.31. The molecule has 0 fully saturated rings. The largest absolute Gasteiger partial charge is 0.369 e. The molecule has 0 saturated carbocycles. The number of carbonyl (C=O) groups is 1. The summed E-state index contributed by atoms with van der Waals surface area (Å²) in [6.45, 7) is 5.53. The van der Waals surface area contributed by atoms with Gasteiger partial charge in [0, 0.05) is 13.1 Å². The molecule has 0 aromatic carbocycles. The Morgan fingerprint density at radius 1 is 1.44 bits per heavy atom. The summed E-state index contributed by atoms with van der Waals surface area (Å²) < 4.78 is 0.806. The predicted molar refractivity (Wildman–Crippen MR) is 77.9 cm³/mol. The first-order valence-electron chi connectivity index (χ1n) is 5.82. The third kappa shape index (κ3) is 4.81. The van der Waals surface area contributed by atoms with Crippen molar-refractivity contribution < 1.29 is 4.79 Å². The number of halogens is 1. The minimum absolute atomic E-state index is 0.0253. The predicted octanol–water partition coefficient (Wildman–Crippen LogP) is 2.29. The highest BCUT2D eigenvalue weighted by atomic mass is 79.9. The van der Waals surface area contributed by atoms with Crippen molar-refractivity contribution in [1.29, 1.82) is 0 Å². The third-order valence-electron chi connectivity index (χ3n) is 2.01. The summed E-state index contributed by atoms with van der Waals surface area (Å²) in [4.78, 5) is 19.8. The Bertz CT molecular complexity index is 403. The second-order valence-corrected chi connectivity index (χ2v) is 5.27. The normalized spacial score (nSPS) is 10.2. The van der Waals surface area contributed by atoms with Crippen LogP contribution in [0.2, 0.25) is 0 Å². The Hall–Kier alpha value is -0.820. The van der Waals surface area contributed by atoms with Gasteiger partial charge in [-0.05, 0) is 29.3 Å². The van der Waals surface area contributed by atoms with Gasteiger partial charge < -0.3 is 10.6 Å². The summed E-state index contributed by atoms with van der Waals surface area (Å²) in [5.74, 6) is 1.14. The molecular formula is C11H17BrN4OS. The Balaban J connectivity index is 2.56. The van der Waals surface area contributed by atoms with E-state index in [9.17, 15) is 4.79 Å². The Labute approximate surface area is 120 Å². The van der Waals surface area contributed by atoms with E-state index < -0.39 is 0 Å². The summed E-state index contributed by atoms with van der Waals surface area (Å²) in [6.07, 6.45) is 2.44. The summed E-state index contributed by atoms with van der Waals surface area (Å²) in [5, 5.41) is 6.72. The molecule has 0 aliphatic rings. The maximum Gasteiger partial charge on any atom is 0.230 e. The molecule has 1 aromatic rings. The van der Waals surface area contributed by atoms with E-state index in [2.05, 4.69) is 36.5 Å². The van der Waals surface area contributed by atoms with Gasteiger partial charge in [0.05, 0.1) is 10.2 Å². The lowest BCUT2D eigenvalue weighted by molar-refractivity contribution is -0.118. The number of nitrogens with zero attached hydrogens (tertiary/aromatic N) is 2. The zero-order valence-electron chi connectivity index (χ0n) is 10.5. The number of nitrogens with one attached hydrogen (secondary N) is 2. The van der Waals surface area contributed by atoms with Gasteiger partial charge in [-0.25, -0.2) is 9.97 Å². The van der Waals surface area contributed by atoms with Crippen molar-refractivity contribution in [1.82, 2.24) is 15.3 Å². The number of aromatic nitrogens is 2. The van der Waals surface area contributed by atoms with Crippen LogP contribution in [0.5, 0.6) is 0 Å². The van der Waals surface area contributed by atoms with E-state index in [1.54, 1.807) is 0 Å². The number of carbonyl (C=O) groups excluding carboxylic acids is 1. The van der Waals surface area contributed by atoms with Gasteiger partial charge in [-0.3, -0.25) is 4.79 Å². The van der Waals surface area contributed by atoms with Gasteiger partial charge in [0.25, 0.3) is 0 Å². The highest BCUT2D eigenvalue weighted by Crippen LogP contribution is 2.29. The fourth-order valence-corrected chi connectivity index (χ4v) is 2.60. The minimum Gasteiger partial charge on any atom is -0.369 e. The standard InChI is InChI=1S/C11H17BrN4OS/c1-3-5-14-8(17)6-18-11-9(12)10(13-4-2)15-7-16-11/h7H,3-6H2,1-2H3,(H,14,17)(H,13,15,16). The van der Waals surface area contributed by atoms with Crippen LogP contribution < -0.4 is 10.6 Å². The molecule has 0 aliphatic heterocycles. The van der Waals surface area contributed by atoms with E-state index in [0.717, 1.165) is 28.3 Å². The lowest BCUT2D eigenvalue weighted by atomic mass is 10.5. The Kier molecular flexibility index (Phi) is 7.04. The number of thioether (sulfide) groups is 1. The first-order chi connectivity index (χ1) is 8.69. The van der Waals surface area contributed by atoms with Gasteiger partial charge in [0.1, 0.15) is 17.2 Å². The lowest BCUT2D eigenvalue weighted by Crippen LogP contribution is -2.25. The van der Waals surface area contributed by atoms with Crippen molar-refractivity contribution in [2.75, 3.05) is 24.2 Å². The van der Waals surface area contributed by atoms with Crippen LogP contribution in [-0.2, 0) is 4.79 Å². The average molecular weight is 333 g/mol. The van der Waals surface area contributed by atoms with Crippen LogP contribution in [0.3, 0.4) is 0 Å². The SMILES string of the molecule is CCCNC(=O)CSc1ncnc(NCC)c1Br. The molecule has 0 spiro atoms. The summed E-state index contributed by atoms with van der Waals surface area (Å²) in [6, 6.07) is 0. The smallest absolute Gasteiger partial charge is 0.230 e. The highest BCUT2D eigenvalue weighted by Gasteiger charge is 2.10. The maximum atomic E-state index is 11.5. The number of hydrogen-bond acceptors (Lipinski definition) is 5. The molecule has 0 unspecified atom stereocenters. The molecule has 18 heavy (non-hydrogen) atoms. The Morgan fingerprint density at radius 2 is 2.22 bits per heavy atom. The average Bonchev–Trinajstić information content (AvgIpc) is 2.37. The molecule has 0 saturated heterocycles. The molecule has 7 heteroatoms. The van der Waals surface area contributed by atoms with Crippen LogP contribution in [-0.4, -0.2) is 34.7 Å². The molecule has 0 radical (unpaired) electrons. The van der Waals surface area contributed by atoms with Crippen LogP contribution in [0, 0.1) is 0 Å². The molecule has 2 N–H and O–H groups in total. The summed E-state index contributed by atoms with van der Waals surface area (Å²) in [5.41, 5.74) is 0. The van der Waals surface area contributed by atoms with Crippen LogP contribution in [0.15, 0.2) is 15.8 Å². The maximum absolute atomic E-state index is 11.5. The van der Waals surface area contributed by atoms with Gasteiger partial charge >= 0.3 is 0 Å². The number of rotatable bonds is 7. The molecule has 1 heterocycles. The van der Waals surface area contributed by atoms with Gasteiger partial charge in [-0.15, -0.1) is 0 Å². The van der Waals surface area contributed by atoms with E-state index in [1.165, 1.54) is 18.1 Å². The fourth-order valence-electron chi connectivity index (χ4n) is 1.19. The summed E-state index contributed by atoms with van der Waals surface area (Å²) in [7, 11) is 0. The molecular weight excluding hydrogens is 316 g/mol. The third-order valence-corrected chi connectivity index (χ3v) is 4.02. The van der Waals surface area contributed by atoms with E-state index >= 15 is 0 Å². The van der Waals surface area contributed by atoms with Gasteiger partial charge in [0.2, 0.25) is 5.91 Å². The Morgan fingerprint density at radius 3 is 2.89 bits per heavy atom. The van der Waals surface area contributed by atoms with E-state index in [0.29, 0.717) is 12.3 Å². The zero-order valence-corrected chi connectivity index (χ0v) is 12.9. The first kappa shape index (κ1) is 15.2. The molecule has 0 atom stereocenters. The minimum atomic E-state index is 0.0253. The van der Waals surface area contributed by atoms with Crippen LogP contribution in [0.1, 0.15) is 20.3 Å². The number of amides is 1. The van der Waals surface area contributed by atoms with E-state index in [4.69, 9.17) is 0 Å². The van der Waals surface area contributed by atoms with Crippen molar-refractivity contribution >= 4 is 39.4 Å². The molecule has 5 nitrogen and oxygen atoms in total. The first-order valence-corrected chi connectivity index (χ1v) is 7.60. The van der Waals surface area contributed by atoms with Gasteiger partial charge in [-0.1, -0.05) is 18.7 Å². The van der Waals surface area contributed by atoms with Crippen molar-refractivity contribution in [2.24, 2.45) is 0 Å². The number of hydrogen-bond donors (Lipinski definition) is 2. The van der Waals surface area contributed by atoms with Gasteiger partial charge in [-0.2, -0.15) is 0 Å². The lowest BCUT2D eigenvalue weighted by Gasteiger charge is -2.08. The quantitative estimate of drug-likeness (QED) is 0.592. The zero-order chi connectivity index (χ0) is 13.4. The summed E-state index contributed by atoms with van der Waals surface area (Å²) >= 11 is 4.84. The molecule has 1 aromatic heterocycles. The van der Waals surface area contributed by atoms with Crippen LogP contribution >= 0.6 is 27.7 Å². The molecule has 0 bridgehead atoms. The molecule has 1 rings (SSSR count). The van der Waals surface area contributed by atoms with Crippen molar-refractivity contribution in [2.45, 2.75) is 25.3 Å².